The molecule has 0 aliphatic heterocycles. The Morgan fingerprint density at radius 2 is 1.94 bits per heavy atom. The van der Waals surface area contributed by atoms with Crippen molar-refractivity contribution in [1.29, 1.82) is 0 Å². The average molecular weight is 236 g/mol. The summed E-state index contributed by atoms with van der Waals surface area (Å²) in [5, 5.41) is 0. The first-order valence-corrected chi connectivity index (χ1v) is 6.84. The van der Waals surface area contributed by atoms with Gasteiger partial charge in [0.1, 0.15) is 5.60 Å². The molecule has 0 atom stereocenters. The Bertz CT molecular complexity index is 307. The molecule has 0 saturated heterocycles. The van der Waals surface area contributed by atoms with Gasteiger partial charge in [-0.3, -0.25) is 0 Å². The minimum Gasteiger partial charge on any atom is -0.456 e. The van der Waals surface area contributed by atoms with Crippen LogP contribution in [-0.4, -0.2) is 11.6 Å². The Balaban J connectivity index is 2.17. The Kier molecular flexibility index (Phi) is 3.33. The number of hydrogen-bond donors (Lipinski definition) is 0. The van der Waals surface area contributed by atoms with Crippen LogP contribution < -0.4 is 0 Å². The largest absolute Gasteiger partial charge is 0.456 e. The van der Waals surface area contributed by atoms with Crippen molar-refractivity contribution in [2.24, 2.45) is 11.3 Å². The zero-order valence-electron chi connectivity index (χ0n) is 11.1. The standard InChI is InChI=1S/C15H24O2/c1-4-13(16)17-14(2,3)15-9-5-7-12(11-15)8-6-10-15/h4,12H,1,5-11H2,2-3H3. The highest BCUT2D eigenvalue weighted by molar-refractivity contribution is 5.81. The molecule has 0 N–H and O–H groups in total. The number of ether oxygens (including phenoxy) is 1. The van der Waals surface area contributed by atoms with Crippen molar-refractivity contribution in [1.82, 2.24) is 0 Å². The van der Waals surface area contributed by atoms with Crippen molar-refractivity contribution in [2.45, 2.75) is 64.4 Å². The Morgan fingerprint density at radius 3 is 2.47 bits per heavy atom. The van der Waals surface area contributed by atoms with Crippen molar-refractivity contribution in [3.63, 3.8) is 0 Å². The first kappa shape index (κ1) is 12.7. The van der Waals surface area contributed by atoms with E-state index in [0.29, 0.717) is 0 Å². The molecule has 0 amide bonds. The van der Waals surface area contributed by atoms with E-state index in [4.69, 9.17) is 4.74 Å². The van der Waals surface area contributed by atoms with Crippen molar-refractivity contribution in [3.8, 4) is 0 Å². The van der Waals surface area contributed by atoms with Crippen LogP contribution in [0.15, 0.2) is 12.7 Å². The van der Waals surface area contributed by atoms with Crippen LogP contribution in [0.2, 0.25) is 0 Å². The lowest BCUT2D eigenvalue weighted by Gasteiger charge is -2.53. The summed E-state index contributed by atoms with van der Waals surface area (Å²) in [6.45, 7) is 7.66. The van der Waals surface area contributed by atoms with Crippen LogP contribution in [0.3, 0.4) is 0 Å². The smallest absolute Gasteiger partial charge is 0.330 e. The molecule has 0 aromatic heterocycles. The van der Waals surface area contributed by atoms with Gasteiger partial charge in [-0.25, -0.2) is 4.79 Å². The molecule has 0 aromatic carbocycles. The lowest BCUT2D eigenvalue weighted by atomic mass is 9.55. The van der Waals surface area contributed by atoms with E-state index >= 15 is 0 Å². The molecule has 0 spiro atoms. The predicted octanol–water partition coefficient (Wildman–Crippen LogP) is 3.85. The fourth-order valence-electron chi connectivity index (χ4n) is 3.94. The second kappa shape index (κ2) is 4.47. The van der Waals surface area contributed by atoms with E-state index in [1.807, 2.05) is 0 Å². The summed E-state index contributed by atoms with van der Waals surface area (Å²) >= 11 is 0. The van der Waals surface area contributed by atoms with Crippen LogP contribution >= 0.6 is 0 Å². The highest BCUT2D eigenvalue weighted by Gasteiger charge is 2.51. The van der Waals surface area contributed by atoms with Gasteiger partial charge < -0.3 is 4.74 Å². The first-order valence-electron chi connectivity index (χ1n) is 6.84. The lowest BCUT2D eigenvalue weighted by molar-refractivity contribution is -0.175. The van der Waals surface area contributed by atoms with Gasteiger partial charge in [-0.1, -0.05) is 32.3 Å². The number of carbonyl (C=O) groups excluding carboxylic acids is 1. The Labute approximate surface area is 104 Å². The zero-order valence-corrected chi connectivity index (χ0v) is 11.1. The second-order valence-corrected chi connectivity index (χ2v) is 6.27. The summed E-state index contributed by atoms with van der Waals surface area (Å²) in [5.74, 6) is 0.580. The fraction of sp³-hybridized carbons (Fsp3) is 0.800. The number of fused-ring (bicyclic) bond motifs is 2. The normalized spacial score (nSPS) is 32.9. The molecule has 0 aromatic rings. The SMILES string of the molecule is C=CC(=O)OC(C)(C)C12CCCC(CCC1)C2. The zero-order chi connectivity index (χ0) is 12.5. The van der Waals surface area contributed by atoms with Crippen LogP contribution in [0.25, 0.3) is 0 Å². The predicted molar refractivity (Wildman–Crippen MR) is 68.6 cm³/mol. The highest BCUT2D eigenvalue weighted by Crippen LogP contribution is 2.55. The lowest BCUT2D eigenvalue weighted by Crippen LogP contribution is -2.51. The topological polar surface area (TPSA) is 26.3 Å². The fourth-order valence-corrected chi connectivity index (χ4v) is 3.94. The van der Waals surface area contributed by atoms with Crippen molar-refractivity contribution >= 4 is 5.97 Å². The van der Waals surface area contributed by atoms with Gasteiger partial charge in [-0.2, -0.15) is 0 Å². The van der Waals surface area contributed by atoms with E-state index in [1.54, 1.807) is 0 Å². The van der Waals surface area contributed by atoms with Gasteiger partial charge in [0.05, 0.1) is 0 Å². The van der Waals surface area contributed by atoms with Crippen LogP contribution in [0.1, 0.15) is 58.8 Å². The molecule has 2 aliphatic rings. The maximum absolute atomic E-state index is 11.5. The molecule has 0 radical (unpaired) electrons. The molecular formula is C15H24O2. The minimum atomic E-state index is -0.350. The van der Waals surface area contributed by atoms with Crippen LogP contribution in [0, 0.1) is 11.3 Å². The van der Waals surface area contributed by atoms with Crippen LogP contribution in [0.5, 0.6) is 0 Å². The van der Waals surface area contributed by atoms with E-state index in [0.717, 1.165) is 5.92 Å². The highest BCUT2D eigenvalue weighted by atomic mass is 16.6. The summed E-state index contributed by atoms with van der Waals surface area (Å²) in [6.07, 6.45) is 10.3. The van der Waals surface area contributed by atoms with E-state index in [9.17, 15) is 4.79 Å². The molecular weight excluding hydrogens is 212 g/mol. The van der Waals surface area contributed by atoms with E-state index < -0.39 is 0 Å². The summed E-state index contributed by atoms with van der Waals surface area (Å²) in [7, 11) is 0. The number of rotatable bonds is 3. The summed E-state index contributed by atoms with van der Waals surface area (Å²) in [6, 6.07) is 0. The van der Waals surface area contributed by atoms with Crippen molar-refractivity contribution in [3.05, 3.63) is 12.7 Å². The van der Waals surface area contributed by atoms with Crippen LogP contribution in [-0.2, 0) is 9.53 Å². The number of carbonyl (C=O) groups is 1. The molecule has 0 heterocycles. The summed E-state index contributed by atoms with van der Waals surface area (Å²) in [5.41, 5.74) is -0.135. The third-order valence-corrected chi connectivity index (χ3v) is 5.01. The van der Waals surface area contributed by atoms with Gasteiger partial charge in [0.25, 0.3) is 0 Å². The maximum Gasteiger partial charge on any atom is 0.330 e. The Hall–Kier alpha value is -0.790. The average Bonchev–Trinajstić information content (AvgIpc) is 2.28. The molecule has 2 nitrogen and oxygen atoms in total. The van der Waals surface area contributed by atoms with E-state index in [2.05, 4.69) is 20.4 Å². The third-order valence-electron chi connectivity index (χ3n) is 5.01. The molecule has 2 heteroatoms. The quantitative estimate of drug-likeness (QED) is 0.549. The molecule has 96 valence electrons. The van der Waals surface area contributed by atoms with Gasteiger partial charge in [-0.05, 0) is 39.0 Å². The summed E-state index contributed by atoms with van der Waals surface area (Å²) < 4.78 is 5.65. The van der Waals surface area contributed by atoms with Crippen molar-refractivity contribution in [2.75, 3.05) is 0 Å². The third kappa shape index (κ3) is 2.27. The molecule has 2 fully saturated rings. The van der Waals surface area contributed by atoms with E-state index in [-0.39, 0.29) is 17.0 Å². The Morgan fingerprint density at radius 1 is 1.35 bits per heavy atom. The van der Waals surface area contributed by atoms with Crippen molar-refractivity contribution < 1.29 is 9.53 Å². The van der Waals surface area contributed by atoms with Crippen LogP contribution in [0.4, 0.5) is 0 Å². The van der Waals surface area contributed by atoms with Gasteiger partial charge in [-0.15, -0.1) is 0 Å². The molecule has 2 saturated carbocycles. The van der Waals surface area contributed by atoms with Gasteiger partial charge in [0, 0.05) is 11.5 Å². The molecule has 2 rings (SSSR count). The maximum atomic E-state index is 11.5. The molecule has 2 aliphatic carbocycles. The molecule has 0 unspecified atom stereocenters. The first-order chi connectivity index (χ1) is 7.99. The van der Waals surface area contributed by atoms with Gasteiger partial charge in [0.15, 0.2) is 0 Å². The second-order valence-electron chi connectivity index (χ2n) is 6.27. The summed E-state index contributed by atoms with van der Waals surface area (Å²) in [4.78, 5) is 11.5. The minimum absolute atomic E-state index is 0.215. The van der Waals surface area contributed by atoms with E-state index in [1.165, 1.54) is 51.0 Å². The van der Waals surface area contributed by atoms with Gasteiger partial charge in [0.2, 0.25) is 0 Å². The monoisotopic (exact) mass is 236 g/mol. The molecule has 2 bridgehead atoms. The number of esters is 1. The number of hydrogen-bond acceptors (Lipinski definition) is 2. The molecule has 17 heavy (non-hydrogen) atoms. The van der Waals surface area contributed by atoms with Gasteiger partial charge >= 0.3 is 5.97 Å².